The summed E-state index contributed by atoms with van der Waals surface area (Å²) in [5, 5.41) is 12.2. The first-order chi connectivity index (χ1) is 7.74. The highest BCUT2D eigenvalue weighted by Crippen LogP contribution is 2.28. The molecule has 7 heteroatoms. The number of nitrogen functional groups attached to an aromatic ring is 1. The molecule has 80 valence electrons. The number of halogens is 1. The summed E-state index contributed by atoms with van der Waals surface area (Å²) in [6.45, 7) is 0. The zero-order valence-corrected chi connectivity index (χ0v) is 8.78. The van der Waals surface area contributed by atoms with E-state index in [-0.39, 0.29) is 5.82 Å². The van der Waals surface area contributed by atoms with Gasteiger partial charge in [0, 0.05) is 5.69 Å². The lowest BCUT2D eigenvalue weighted by molar-refractivity contribution is 0.631. The van der Waals surface area contributed by atoms with Gasteiger partial charge in [-0.15, -0.1) is 10.2 Å². The molecule has 0 amide bonds. The van der Waals surface area contributed by atoms with Gasteiger partial charge in [-0.3, -0.25) is 0 Å². The minimum Gasteiger partial charge on any atom is -0.399 e. The third-order valence-electron chi connectivity index (χ3n) is 2.11. The van der Waals surface area contributed by atoms with Gasteiger partial charge in [0.1, 0.15) is 12.1 Å². The molecule has 16 heavy (non-hydrogen) atoms. The van der Waals surface area contributed by atoms with E-state index in [2.05, 4.69) is 15.3 Å². The van der Waals surface area contributed by atoms with Gasteiger partial charge in [-0.25, -0.2) is 4.39 Å². The number of aromatic nitrogens is 4. The monoisotopic (exact) mass is 235 g/mol. The van der Waals surface area contributed by atoms with Crippen LogP contribution in [-0.2, 0) is 0 Å². The number of rotatable bonds is 1. The van der Waals surface area contributed by atoms with Crippen LogP contribution in [0.1, 0.15) is 0 Å². The van der Waals surface area contributed by atoms with E-state index in [9.17, 15) is 4.39 Å². The molecule has 0 aliphatic heterocycles. The molecule has 0 atom stereocenters. The predicted molar refractivity (Wildman–Crippen MR) is 58.5 cm³/mol. The van der Waals surface area contributed by atoms with E-state index >= 15 is 0 Å². The minimum atomic E-state index is -0.348. The Bertz CT molecular complexity index is 630. The van der Waals surface area contributed by atoms with Crippen LogP contribution in [0.25, 0.3) is 15.5 Å². The van der Waals surface area contributed by atoms with Crippen LogP contribution in [0.5, 0.6) is 0 Å². The Morgan fingerprint density at radius 3 is 3.06 bits per heavy atom. The van der Waals surface area contributed by atoms with Crippen LogP contribution in [0.3, 0.4) is 0 Å². The van der Waals surface area contributed by atoms with Crippen molar-refractivity contribution in [2.75, 3.05) is 5.73 Å². The number of anilines is 1. The van der Waals surface area contributed by atoms with Crippen molar-refractivity contribution in [1.82, 2.24) is 19.8 Å². The zero-order chi connectivity index (χ0) is 11.1. The van der Waals surface area contributed by atoms with E-state index in [1.54, 1.807) is 6.07 Å². The largest absolute Gasteiger partial charge is 0.399 e. The number of hydrogen-bond acceptors (Lipinski definition) is 5. The molecule has 3 aromatic rings. The van der Waals surface area contributed by atoms with Gasteiger partial charge in [-0.1, -0.05) is 11.3 Å². The number of hydrogen-bond donors (Lipinski definition) is 1. The highest BCUT2D eigenvalue weighted by molar-refractivity contribution is 7.19. The van der Waals surface area contributed by atoms with Crippen molar-refractivity contribution in [2.45, 2.75) is 0 Å². The van der Waals surface area contributed by atoms with Crippen molar-refractivity contribution >= 4 is 22.0 Å². The fourth-order valence-electron chi connectivity index (χ4n) is 1.38. The van der Waals surface area contributed by atoms with Gasteiger partial charge in [0.25, 0.3) is 0 Å². The molecular weight excluding hydrogens is 229 g/mol. The normalized spacial score (nSPS) is 11.1. The number of nitrogens with zero attached hydrogens (tertiary/aromatic N) is 4. The molecule has 0 aliphatic carbocycles. The van der Waals surface area contributed by atoms with E-state index < -0.39 is 0 Å². The van der Waals surface area contributed by atoms with Gasteiger partial charge in [-0.2, -0.15) is 9.61 Å². The Hall–Kier alpha value is -2.02. The molecule has 0 unspecified atom stereocenters. The maximum Gasteiger partial charge on any atom is 0.234 e. The first-order valence-corrected chi connectivity index (χ1v) is 5.28. The summed E-state index contributed by atoms with van der Waals surface area (Å²) in [5.74, 6) is -0.348. The first-order valence-electron chi connectivity index (χ1n) is 4.46. The smallest absolute Gasteiger partial charge is 0.234 e. The number of benzene rings is 1. The summed E-state index contributed by atoms with van der Waals surface area (Å²) in [6.07, 6.45) is 1.47. The predicted octanol–water partition coefficient (Wildman–Crippen LogP) is 1.57. The summed E-state index contributed by atoms with van der Waals surface area (Å²) in [6, 6.07) is 4.40. The Kier molecular flexibility index (Phi) is 1.87. The summed E-state index contributed by atoms with van der Waals surface area (Å²) in [4.78, 5) is 0.622. The topological polar surface area (TPSA) is 69.1 Å². The Balaban J connectivity index is 2.22. The number of nitrogens with two attached hydrogens (primary N) is 1. The lowest BCUT2D eigenvalue weighted by Gasteiger charge is -1.99. The van der Waals surface area contributed by atoms with Crippen molar-refractivity contribution in [3.8, 4) is 10.6 Å². The SMILES string of the molecule is Nc1ccc(F)c(-c2nn3cnnc3s2)c1. The Labute approximate surface area is 93.3 Å². The van der Waals surface area contributed by atoms with Gasteiger partial charge in [-0.05, 0) is 18.2 Å². The van der Waals surface area contributed by atoms with Crippen LogP contribution in [0, 0.1) is 5.82 Å². The second-order valence-electron chi connectivity index (χ2n) is 3.20. The maximum atomic E-state index is 13.6. The van der Waals surface area contributed by atoms with Crippen molar-refractivity contribution in [3.63, 3.8) is 0 Å². The van der Waals surface area contributed by atoms with E-state index in [1.165, 1.54) is 34.3 Å². The molecule has 0 spiro atoms. The third kappa shape index (κ3) is 1.33. The van der Waals surface area contributed by atoms with Crippen LogP contribution in [-0.4, -0.2) is 19.8 Å². The highest BCUT2D eigenvalue weighted by Gasteiger charge is 2.12. The average Bonchev–Trinajstić information content (AvgIpc) is 2.81. The third-order valence-corrected chi connectivity index (χ3v) is 3.05. The van der Waals surface area contributed by atoms with Crippen molar-refractivity contribution in [1.29, 1.82) is 0 Å². The lowest BCUT2D eigenvalue weighted by atomic mass is 10.2. The molecular formula is C9H6FN5S. The summed E-state index contributed by atoms with van der Waals surface area (Å²) >= 11 is 1.26. The summed E-state index contributed by atoms with van der Waals surface area (Å²) in [5.41, 5.74) is 6.50. The van der Waals surface area contributed by atoms with Crippen LogP contribution in [0.4, 0.5) is 10.1 Å². The molecule has 0 bridgehead atoms. The fourth-order valence-corrected chi connectivity index (χ4v) is 2.21. The molecule has 2 aromatic heterocycles. The molecule has 2 N–H and O–H groups in total. The molecule has 2 heterocycles. The molecule has 0 radical (unpaired) electrons. The van der Waals surface area contributed by atoms with Gasteiger partial charge in [0.15, 0.2) is 5.01 Å². The van der Waals surface area contributed by atoms with Crippen molar-refractivity contribution < 1.29 is 4.39 Å². The standard InChI is InChI=1S/C9H6FN5S/c10-7-2-1-5(11)3-6(7)8-14-15-4-12-13-9(15)16-8/h1-4H,11H2. The second kappa shape index (κ2) is 3.24. The number of fused-ring (bicyclic) bond motifs is 1. The van der Waals surface area contributed by atoms with Gasteiger partial charge < -0.3 is 5.73 Å². The Morgan fingerprint density at radius 1 is 1.38 bits per heavy atom. The average molecular weight is 235 g/mol. The molecule has 0 aliphatic rings. The second-order valence-corrected chi connectivity index (χ2v) is 4.16. The molecule has 5 nitrogen and oxygen atoms in total. The first kappa shape index (κ1) is 9.22. The summed E-state index contributed by atoms with van der Waals surface area (Å²) < 4.78 is 15.1. The van der Waals surface area contributed by atoms with E-state index in [0.717, 1.165) is 0 Å². The lowest BCUT2D eigenvalue weighted by Crippen LogP contribution is -1.90. The minimum absolute atomic E-state index is 0.348. The fraction of sp³-hybridized carbons (Fsp3) is 0. The molecule has 1 aromatic carbocycles. The van der Waals surface area contributed by atoms with Gasteiger partial charge in [0.05, 0.1) is 5.56 Å². The Morgan fingerprint density at radius 2 is 2.25 bits per heavy atom. The van der Waals surface area contributed by atoms with E-state index in [1.807, 2.05) is 0 Å². The van der Waals surface area contributed by atoms with Crippen LogP contribution in [0.15, 0.2) is 24.5 Å². The molecule has 0 fully saturated rings. The van der Waals surface area contributed by atoms with Crippen LogP contribution in [0.2, 0.25) is 0 Å². The van der Waals surface area contributed by atoms with E-state index in [0.29, 0.717) is 21.2 Å². The van der Waals surface area contributed by atoms with E-state index in [4.69, 9.17) is 5.73 Å². The highest BCUT2D eigenvalue weighted by atomic mass is 32.1. The molecule has 0 saturated carbocycles. The van der Waals surface area contributed by atoms with Crippen LogP contribution >= 0.6 is 11.3 Å². The van der Waals surface area contributed by atoms with Gasteiger partial charge >= 0.3 is 0 Å². The molecule has 0 saturated heterocycles. The summed E-state index contributed by atoms with van der Waals surface area (Å²) in [7, 11) is 0. The van der Waals surface area contributed by atoms with Crippen LogP contribution < -0.4 is 5.73 Å². The zero-order valence-electron chi connectivity index (χ0n) is 7.96. The van der Waals surface area contributed by atoms with Crippen molar-refractivity contribution in [2.24, 2.45) is 0 Å². The van der Waals surface area contributed by atoms with Gasteiger partial charge in [0.2, 0.25) is 4.96 Å². The molecule has 3 rings (SSSR count). The maximum absolute atomic E-state index is 13.6. The quantitative estimate of drug-likeness (QED) is 0.650. The van der Waals surface area contributed by atoms with Crippen molar-refractivity contribution in [3.05, 3.63) is 30.3 Å².